The standard InChI is InChI=1S/C20H19NO5/c1-3-24-20(22)18-14(2)26-19(21(18)23)16-11-7-8-12-17(16)25-13-15-9-5-4-6-10-15/h4-12H,3,13H2,1-2H3. The van der Waals surface area contributed by atoms with E-state index in [1.807, 2.05) is 30.3 Å². The largest absolute Gasteiger partial charge is 0.615 e. The molecule has 0 aliphatic heterocycles. The van der Waals surface area contributed by atoms with E-state index in [-0.39, 0.29) is 24.0 Å². The summed E-state index contributed by atoms with van der Waals surface area (Å²) >= 11 is 0. The number of aromatic nitrogens is 1. The minimum Gasteiger partial charge on any atom is -0.615 e. The second-order valence-corrected chi connectivity index (χ2v) is 5.60. The topological polar surface area (TPSA) is 75.6 Å². The molecule has 2 aromatic carbocycles. The van der Waals surface area contributed by atoms with Crippen molar-refractivity contribution < 1.29 is 23.4 Å². The van der Waals surface area contributed by atoms with Crippen LogP contribution < -0.4 is 9.47 Å². The van der Waals surface area contributed by atoms with Crippen LogP contribution in [0.4, 0.5) is 0 Å². The van der Waals surface area contributed by atoms with E-state index >= 15 is 0 Å². The van der Waals surface area contributed by atoms with Crippen molar-refractivity contribution >= 4 is 5.97 Å². The summed E-state index contributed by atoms with van der Waals surface area (Å²) in [5.74, 6) is -0.0247. The van der Waals surface area contributed by atoms with Crippen LogP contribution in [0.1, 0.15) is 28.7 Å². The Morgan fingerprint density at radius 1 is 1.12 bits per heavy atom. The van der Waals surface area contributed by atoms with E-state index < -0.39 is 5.97 Å². The van der Waals surface area contributed by atoms with Gasteiger partial charge in [-0.15, -0.1) is 4.73 Å². The highest BCUT2D eigenvalue weighted by atomic mass is 16.5. The molecule has 26 heavy (non-hydrogen) atoms. The van der Waals surface area contributed by atoms with Gasteiger partial charge in [0.1, 0.15) is 17.9 Å². The van der Waals surface area contributed by atoms with Crippen LogP contribution in [0.2, 0.25) is 0 Å². The van der Waals surface area contributed by atoms with Gasteiger partial charge in [0.05, 0.1) is 6.61 Å². The van der Waals surface area contributed by atoms with Crippen molar-refractivity contribution in [2.75, 3.05) is 6.61 Å². The molecular weight excluding hydrogens is 334 g/mol. The lowest BCUT2D eigenvalue weighted by Gasteiger charge is -2.09. The molecule has 0 unspecified atom stereocenters. The van der Waals surface area contributed by atoms with Gasteiger partial charge in [-0.3, -0.25) is 0 Å². The Morgan fingerprint density at radius 3 is 2.54 bits per heavy atom. The lowest BCUT2D eigenvalue weighted by Crippen LogP contribution is -2.35. The average molecular weight is 353 g/mol. The highest BCUT2D eigenvalue weighted by Crippen LogP contribution is 2.30. The lowest BCUT2D eigenvalue weighted by atomic mass is 10.2. The predicted molar refractivity (Wildman–Crippen MR) is 94.6 cm³/mol. The molecule has 0 radical (unpaired) electrons. The van der Waals surface area contributed by atoms with Crippen LogP contribution in [0, 0.1) is 12.1 Å². The number of nitrogens with zero attached hydrogens (tertiary/aromatic N) is 1. The molecule has 0 atom stereocenters. The molecule has 0 amide bonds. The molecule has 6 heteroatoms. The normalized spacial score (nSPS) is 10.5. The molecule has 0 fully saturated rings. The Bertz CT molecular complexity index is 902. The second-order valence-electron chi connectivity index (χ2n) is 5.60. The number of carbonyl (C=O) groups is 1. The average Bonchev–Trinajstić information content (AvgIpc) is 2.95. The van der Waals surface area contributed by atoms with Crippen LogP contribution in [0.25, 0.3) is 11.5 Å². The number of hydrogen-bond donors (Lipinski definition) is 0. The second kappa shape index (κ2) is 7.74. The lowest BCUT2D eigenvalue weighted by molar-refractivity contribution is -0.599. The fourth-order valence-electron chi connectivity index (χ4n) is 2.57. The summed E-state index contributed by atoms with van der Waals surface area (Å²) in [5, 5.41) is 12.6. The van der Waals surface area contributed by atoms with Gasteiger partial charge in [0.25, 0.3) is 0 Å². The first-order valence-electron chi connectivity index (χ1n) is 8.28. The Morgan fingerprint density at radius 2 is 1.81 bits per heavy atom. The van der Waals surface area contributed by atoms with Gasteiger partial charge in [0.15, 0.2) is 5.76 Å². The van der Waals surface area contributed by atoms with Gasteiger partial charge in [-0.25, -0.2) is 4.79 Å². The van der Waals surface area contributed by atoms with Crippen molar-refractivity contribution in [3.05, 3.63) is 76.8 Å². The van der Waals surface area contributed by atoms with Crippen molar-refractivity contribution in [2.24, 2.45) is 0 Å². The zero-order valence-electron chi connectivity index (χ0n) is 14.6. The van der Waals surface area contributed by atoms with Gasteiger partial charge in [0.2, 0.25) is 0 Å². The van der Waals surface area contributed by atoms with E-state index in [0.717, 1.165) is 5.56 Å². The number of hydrogen-bond acceptors (Lipinski definition) is 5. The third kappa shape index (κ3) is 3.54. The zero-order valence-corrected chi connectivity index (χ0v) is 14.6. The molecule has 0 saturated carbocycles. The van der Waals surface area contributed by atoms with Crippen LogP contribution in [0.3, 0.4) is 0 Å². The molecule has 0 aliphatic carbocycles. The Hall–Kier alpha value is -3.28. The summed E-state index contributed by atoms with van der Waals surface area (Å²) in [7, 11) is 0. The summed E-state index contributed by atoms with van der Waals surface area (Å²) in [6.45, 7) is 3.75. The number of rotatable bonds is 6. The number of para-hydroxylation sites is 1. The Kier molecular flexibility index (Phi) is 5.22. The van der Waals surface area contributed by atoms with Gasteiger partial charge >= 0.3 is 17.6 Å². The van der Waals surface area contributed by atoms with Gasteiger partial charge in [-0.1, -0.05) is 42.5 Å². The smallest absolute Gasteiger partial charge is 0.408 e. The van der Waals surface area contributed by atoms with E-state index in [0.29, 0.717) is 22.7 Å². The third-order valence-corrected chi connectivity index (χ3v) is 3.79. The minimum atomic E-state index is -0.710. The van der Waals surface area contributed by atoms with Crippen LogP contribution in [0.5, 0.6) is 5.75 Å². The van der Waals surface area contributed by atoms with Crippen molar-refractivity contribution in [1.82, 2.24) is 0 Å². The van der Waals surface area contributed by atoms with E-state index in [4.69, 9.17) is 13.9 Å². The maximum Gasteiger partial charge on any atom is 0.408 e. The summed E-state index contributed by atoms with van der Waals surface area (Å²) < 4.78 is 16.8. The third-order valence-electron chi connectivity index (χ3n) is 3.79. The number of oxazole rings is 1. The van der Waals surface area contributed by atoms with Crippen molar-refractivity contribution in [2.45, 2.75) is 20.5 Å². The first-order valence-corrected chi connectivity index (χ1v) is 8.28. The molecule has 3 rings (SSSR count). The summed E-state index contributed by atoms with van der Waals surface area (Å²) in [4.78, 5) is 12.0. The van der Waals surface area contributed by atoms with E-state index in [9.17, 15) is 10.0 Å². The molecule has 6 nitrogen and oxygen atoms in total. The van der Waals surface area contributed by atoms with Crippen molar-refractivity contribution in [1.29, 1.82) is 0 Å². The van der Waals surface area contributed by atoms with E-state index in [1.54, 1.807) is 38.1 Å². The number of aryl methyl sites for hydroxylation is 1. The predicted octanol–water partition coefficient (Wildman–Crippen LogP) is 3.64. The molecule has 3 aromatic rings. The maximum absolute atomic E-state index is 12.6. The first-order chi connectivity index (χ1) is 12.6. The Balaban J connectivity index is 1.93. The molecule has 0 N–H and O–H groups in total. The molecule has 1 heterocycles. The monoisotopic (exact) mass is 353 g/mol. The quantitative estimate of drug-likeness (QED) is 0.384. The van der Waals surface area contributed by atoms with E-state index in [1.165, 1.54) is 0 Å². The van der Waals surface area contributed by atoms with Crippen LogP contribution in [-0.2, 0) is 11.3 Å². The highest BCUT2D eigenvalue weighted by Gasteiger charge is 2.32. The van der Waals surface area contributed by atoms with Crippen LogP contribution in [-0.4, -0.2) is 12.6 Å². The molecule has 134 valence electrons. The number of ether oxygens (including phenoxy) is 2. The molecule has 1 aromatic heterocycles. The molecule has 0 saturated heterocycles. The van der Waals surface area contributed by atoms with Gasteiger partial charge in [0, 0.05) is 6.92 Å². The Labute approximate surface area is 151 Å². The van der Waals surface area contributed by atoms with Gasteiger partial charge in [-0.05, 0) is 24.6 Å². The van der Waals surface area contributed by atoms with Crippen molar-refractivity contribution in [3.63, 3.8) is 0 Å². The summed E-state index contributed by atoms with van der Waals surface area (Å²) in [6, 6.07) is 16.7. The number of carbonyl (C=O) groups excluding carboxylic acids is 1. The highest BCUT2D eigenvalue weighted by molar-refractivity contribution is 5.87. The van der Waals surface area contributed by atoms with Crippen LogP contribution >= 0.6 is 0 Å². The molecular formula is C20H19NO5. The van der Waals surface area contributed by atoms with Gasteiger partial charge in [-0.2, -0.15) is 0 Å². The minimum absolute atomic E-state index is 0.00536. The zero-order chi connectivity index (χ0) is 18.5. The maximum atomic E-state index is 12.6. The molecule has 0 aliphatic rings. The number of esters is 1. The van der Waals surface area contributed by atoms with E-state index in [2.05, 4.69) is 0 Å². The van der Waals surface area contributed by atoms with Gasteiger partial charge < -0.3 is 19.1 Å². The summed E-state index contributed by atoms with van der Waals surface area (Å²) in [6.07, 6.45) is 0. The fraction of sp³-hybridized carbons (Fsp3) is 0.200. The number of benzene rings is 2. The molecule has 0 bridgehead atoms. The first kappa shape index (κ1) is 17.5. The summed E-state index contributed by atoms with van der Waals surface area (Å²) in [5.41, 5.74) is 1.32. The van der Waals surface area contributed by atoms with Crippen LogP contribution in [0.15, 0.2) is 59.0 Å². The van der Waals surface area contributed by atoms with Crippen molar-refractivity contribution in [3.8, 4) is 17.2 Å². The molecule has 0 spiro atoms. The fourth-order valence-corrected chi connectivity index (χ4v) is 2.57. The SMILES string of the molecule is CCOC(=O)c1c(C)oc(-c2ccccc2OCc2ccccc2)[n+]1[O-].